The summed E-state index contributed by atoms with van der Waals surface area (Å²) in [5.74, 6) is 1.10. The van der Waals surface area contributed by atoms with Crippen LogP contribution >= 0.6 is 24.0 Å². The van der Waals surface area contributed by atoms with E-state index in [0.29, 0.717) is 19.0 Å². The molecule has 1 aromatic heterocycles. The Kier molecular flexibility index (Phi) is 9.57. The number of aliphatic hydroxyl groups is 1. The Morgan fingerprint density at radius 1 is 1.23 bits per heavy atom. The van der Waals surface area contributed by atoms with Crippen molar-refractivity contribution in [1.29, 1.82) is 0 Å². The highest BCUT2D eigenvalue weighted by Gasteiger charge is 2.13. The van der Waals surface area contributed by atoms with E-state index in [1.54, 1.807) is 19.2 Å². The zero-order valence-electron chi connectivity index (χ0n) is 15.3. The van der Waals surface area contributed by atoms with Crippen LogP contribution < -0.4 is 10.6 Å². The molecule has 0 radical (unpaired) electrons. The normalized spacial score (nSPS) is 11.2. The number of aryl methyl sites for hydroxylation is 2. The van der Waals surface area contributed by atoms with Gasteiger partial charge in [-0.15, -0.1) is 24.0 Å². The first-order chi connectivity index (χ1) is 12.1. The third-order valence-electron chi connectivity index (χ3n) is 4.00. The van der Waals surface area contributed by atoms with Gasteiger partial charge in [0.05, 0.1) is 12.3 Å². The van der Waals surface area contributed by atoms with Gasteiger partial charge in [-0.05, 0) is 24.1 Å². The van der Waals surface area contributed by atoms with Crippen molar-refractivity contribution in [3.63, 3.8) is 0 Å². The van der Waals surface area contributed by atoms with Gasteiger partial charge in [-0.3, -0.25) is 4.99 Å². The molecule has 0 saturated carbocycles. The molecule has 1 heterocycles. The van der Waals surface area contributed by atoms with Gasteiger partial charge in [0.25, 0.3) is 0 Å². The molecule has 26 heavy (non-hydrogen) atoms. The maximum Gasteiger partial charge on any atom is 0.191 e. The first-order valence-electron chi connectivity index (χ1n) is 8.41. The third-order valence-corrected chi connectivity index (χ3v) is 4.00. The largest absolute Gasteiger partial charge is 0.392 e. The minimum atomic E-state index is -0.402. The lowest BCUT2D eigenvalue weighted by Gasteiger charge is -2.13. The van der Waals surface area contributed by atoms with Gasteiger partial charge in [0, 0.05) is 37.7 Å². The van der Waals surface area contributed by atoms with E-state index in [-0.39, 0.29) is 36.1 Å². The van der Waals surface area contributed by atoms with Gasteiger partial charge in [-0.2, -0.15) is 0 Å². The summed E-state index contributed by atoms with van der Waals surface area (Å²) in [6.07, 6.45) is 1.60. The highest BCUT2D eigenvalue weighted by Crippen LogP contribution is 2.15. The summed E-state index contributed by atoms with van der Waals surface area (Å²) >= 11 is 0. The average Bonchev–Trinajstić information content (AvgIpc) is 3.05. The topological polar surface area (TPSA) is 82.7 Å². The van der Waals surface area contributed by atoms with Crippen LogP contribution in [0.2, 0.25) is 0 Å². The van der Waals surface area contributed by atoms with Gasteiger partial charge >= 0.3 is 0 Å². The third kappa shape index (κ3) is 5.66. The van der Waals surface area contributed by atoms with Crippen LogP contribution in [0.4, 0.5) is 4.39 Å². The van der Waals surface area contributed by atoms with E-state index in [0.717, 1.165) is 35.4 Å². The maximum atomic E-state index is 13.4. The zero-order chi connectivity index (χ0) is 18.2. The molecule has 6 nitrogen and oxygen atoms in total. The molecule has 0 spiro atoms. The van der Waals surface area contributed by atoms with E-state index >= 15 is 0 Å². The van der Waals surface area contributed by atoms with Crippen LogP contribution in [0.5, 0.6) is 0 Å². The molecule has 8 heteroatoms. The molecule has 2 rings (SSSR count). The van der Waals surface area contributed by atoms with Crippen LogP contribution in [0.25, 0.3) is 0 Å². The van der Waals surface area contributed by atoms with Gasteiger partial charge in [0.15, 0.2) is 5.96 Å². The van der Waals surface area contributed by atoms with E-state index in [4.69, 9.17) is 9.63 Å². The van der Waals surface area contributed by atoms with Crippen molar-refractivity contribution in [2.75, 3.05) is 7.05 Å². The number of aliphatic hydroxyl groups excluding tert-OH is 1. The quantitative estimate of drug-likeness (QED) is 0.325. The molecule has 0 fully saturated rings. The average molecular weight is 476 g/mol. The van der Waals surface area contributed by atoms with Crippen LogP contribution in [-0.2, 0) is 32.5 Å². The molecule has 3 N–H and O–H groups in total. The lowest BCUT2D eigenvalue weighted by Crippen LogP contribution is -2.36. The molecule has 1 aromatic carbocycles. The first kappa shape index (κ1) is 22.4. The number of hydrogen-bond acceptors (Lipinski definition) is 4. The summed E-state index contributed by atoms with van der Waals surface area (Å²) in [5, 5.41) is 19.7. The summed E-state index contributed by atoms with van der Waals surface area (Å²) in [5.41, 5.74) is 3.16. The predicted molar refractivity (Wildman–Crippen MR) is 110 cm³/mol. The van der Waals surface area contributed by atoms with E-state index in [2.05, 4.69) is 20.8 Å². The van der Waals surface area contributed by atoms with Crippen LogP contribution in [0, 0.1) is 5.82 Å². The van der Waals surface area contributed by atoms with Gasteiger partial charge in [-0.1, -0.05) is 25.1 Å². The van der Waals surface area contributed by atoms with Gasteiger partial charge in [-0.25, -0.2) is 4.39 Å². The maximum absolute atomic E-state index is 13.4. The van der Waals surface area contributed by atoms with Gasteiger partial charge < -0.3 is 20.3 Å². The molecule has 0 atom stereocenters. The fraction of sp³-hybridized carbons (Fsp3) is 0.444. The van der Waals surface area contributed by atoms with Crippen molar-refractivity contribution in [3.05, 3.63) is 52.2 Å². The van der Waals surface area contributed by atoms with E-state index < -0.39 is 5.82 Å². The fourth-order valence-corrected chi connectivity index (χ4v) is 2.58. The van der Waals surface area contributed by atoms with Crippen molar-refractivity contribution in [2.45, 2.75) is 46.4 Å². The molecule has 0 saturated heterocycles. The van der Waals surface area contributed by atoms with Crippen molar-refractivity contribution in [3.8, 4) is 0 Å². The lowest BCUT2D eigenvalue weighted by atomic mass is 10.1. The predicted octanol–water partition coefficient (Wildman–Crippen LogP) is 2.91. The smallest absolute Gasteiger partial charge is 0.191 e. The molecular weight excluding hydrogens is 450 g/mol. The highest BCUT2D eigenvalue weighted by atomic mass is 127. The Labute approximate surface area is 170 Å². The summed E-state index contributed by atoms with van der Waals surface area (Å²) < 4.78 is 18.8. The Balaban J connectivity index is 0.00000338. The Morgan fingerprint density at radius 3 is 2.58 bits per heavy atom. The molecule has 0 unspecified atom stereocenters. The zero-order valence-corrected chi connectivity index (χ0v) is 17.6. The monoisotopic (exact) mass is 476 g/mol. The molecule has 144 valence electrons. The highest BCUT2D eigenvalue weighted by molar-refractivity contribution is 14.0. The second kappa shape index (κ2) is 11.1. The summed E-state index contributed by atoms with van der Waals surface area (Å²) in [4.78, 5) is 4.19. The number of nitrogens with one attached hydrogen (secondary N) is 2. The van der Waals surface area contributed by atoms with Crippen molar-refractivity contribution < 1.29 is 14.0 Å². The van der Waals surface area contributed by atoms with Gasteiger partial charge in [0.1, 0.15) is 11.6 Å². The fourth-order valence-electron chi connectivity index (χ4n) is 2.58. The Bertz CT molecular complexity index is 712. The Morgan fingerprint density at radius 2 is 1.96 bits per heavy atom. The molecule has 0 aliphatic heterocycles. The van der Waals surface area contributed by atoms with Crippen molar-refractivity contribution in [2.24, 2.45) is 4.99 Å². The number of benzene rings is 1. The summed E-state index contributed by atoms with van der Waals surface area (Å²) in [6, 6.07) is 4.68. The number of guanidine groups is 1. The minimum Gasteiger partial charge on any atom is -0.392 e. The number of nitrogens with zero attached hydrogens (tertiary/aromatic N) is 2. The summed E-state index contributed by atoms with van der Waals surface area (Å²) in [7, 11) is 1.69. The molecule has 0 amide bonds. The first-order valence-corrected chi connectivity index (χ1v) is 8.41. The number of aromatic nitrogens is 1. The lowest BCUT2D eigenvalue weighted by molar-refractivity contribution is 0.275. The Hall–Kier alpha value is -1.68. The molecular formula is C18H26FIN4O2. The van der Waals surface area contributed by atoms with E-state index in [9.17, 15) is 4.39 Å². The SMILES string of the molecule is CCc1noc(CC)c1CNC(=NC)NCc1ccc(F)c(CO)c1.I. The molecule has 0 aliphatic carbocycles. The minimum absolute atomic E-state index is 0. The van der Waals surface area contributed by atoms with Crippen molar-refractivity contribution >= 4 is 29.9 Å². The van der Waals surface area contributed by atoms with Crippen LogP contribution in [0.15, 0.2) is 27.7 Å². The molecule has 0 aliphatic rings. The summed E-state index contributed by atoms with van der Waals surface area (Å²) in [6.45, 7) is 4.79. The van der Waals surface area contributed by atoms with E-state index in [1.807, 2.05) is 13.8 Å². The van der Waals surface area contributed by atoms with E-state index in [1.165, 1.54) is 6.07 Å². The second-order valence-corrected chi connectivity index (χ2v) is 5.60. The standard InChI is InChI=1S/C18H25FN4O2.HI/c1-4-16-14(17(5-2)25-23-16)10-22-18(20-3)21-9-12-6-7-15(19)13(8-12)11-24;/h6-8,24H,4-5,9-11H2,1-3H3,(H2,20,21,22);1H. The number of rotatable bonds is 7. The van der Waals surface area contributed by atoms with Crippen LogP contribution in [0.1, 0.15) is 42.0 Å². The second-order valence-electron chi connectivity index (χ2n) is 5.60. The number of halogens is 2. The molecule has 2 aromatic rings. The number of aliphatic imine (C=N–C) groups is 1. The van der Waals surface area contributed by atoms with Crippen LogP contribution in [0.3, 0.4) is 0 Å². The number of hydrogen-bond donors (Lipinski definition) is 3. The van der Waals surface area contributed by atoms with Gasteiger partial charge in [0.2, 0.25) is 0 Å². The van der Waals surface area contributed by atoms with Crippen LogP contribution in [-0.4, -0.2) is 23.3 Å². The molecule has 0 bridgehead atoms. The van der Waals surface area contributed by atoms with Crippen molar-refractivity contribution in [1.82, 2.24) is 15.8 Å².